The van der Waals surface area contributed by atoms with Crippen molar-refractivity contribution in [2.75, 3.05) is 6.54 Å². The summed E-state index contributed by atoms with van der Waals surface area (Å²) in [5.74, 6) is -1.52. The van der Waals surface area contributed by atoms with Gasteiger partial charge in [0.15, 0.2) is 6.10 Å². The second-order valence-electron chi connectivity index (χ2n) is 16.6. The first kappa shape index (κ1) is 36.6. The van der Waals surface area contributed by atoms with Crippen LogP contribution in [0.1, 0.15) is 114 Å². The lowest BCUT2D eigenvalue weighted by Gasteiger charge is -2.37. The van der Waals surface area contributed by atoms with Gasteiger partial charge in [0.1, 0.15) is 12.1 Å². The van der Waals surface area contributed by atoms with E-state index < -0.39 is 52.9 Å². The molecular weight excluding hydrogens is 582 g/mol. The molecule has 3 aliphatic carbocycles. The fourth-order valence-electron chi connectivity index (χ4n) is 8.10. The number of nitrogens with one attached hydrogen (secondary N) is 3. The number of nitrogens with zero attached hydrogens (tertiary/aromatic N) is 1. The Morgan fingerprint density at radius 1 is 0.955 bits per heavy atom. The minimum atomic E-state index is -1.38. The third kappa shape index (κ3) is 6.24. The summed E-state index contributed by atoms with van der Waals surface area (Å²) < 4.78 is 0. The lowest BCUT2D eigenvalue weighted by molar-refractivity contribution is -0.145. The molecule has 6 atom stereocenters. The van der Waals surface area contributed by atoms with E-state index in [1.807, 2.05) is 48.5 Å². The lowest BCUT2D eigenvalue weighted by Crippen LogP contribution is -2.61. The molecule has 1 heterocycles. The van der Waals surface area contributed by atoms with Crippen molar-refractivity contribution in [2.45, 2.75) is 150 Å². The molecule has 1 aliphatic heterocycles. The number of likely N-dealkylation sites (tertiary alicyclic amines) is 1. The smallest absolute Gasteiger partial charge is 0.251 e. The van der Waals surface area contributed by atoms with Gasteiger partial charge >= 0.3 is 0 Å². The van der Waals surface area contributed by atoms with Crippen molar-refractivity contribution in [1.29, 1.82) is 0 Å². The zero-order chi connectivity index (χ0) is 32.3. The first-order valence-corrected chi connectivity index (χ1v) is 16.4. The molecule has 44 heavy (non-hydrogen) atoms. The van der Waals surface area contributed by atoms with Crippen LogP contribution in [0.2, 0.25) is 0 Å². The van der Waals surface area contributed by atoms with Gasteiger partial charge in [-0.2, -0.15) is 0 Å². The molecule has 4 rings (SSSR count). The van der Waals surface area contributed by atoms with Crippen LogP contribution >= 0.6 is 12.4 Å². The largest absolute Gasteiger partial charge is 0.381 e. The minimum Gasteiger partial charge on any atom is -0.381 e. The van der Waals surface area contributed by atoms with E-state index in [-0.39, 0.29) is 46.5 Å². The molecular formula is C33H58ClN5O5. The van der Waals surface area contributed by atoms with E-state index in [0.717, 1.165) is 32.1 Å². The number of hydrogen-bond donors (Lipinski definition) is 5. The van der Waals surface area contributed by atoms with Crippen molar-refractivity contribution in [3.8, 4) is 0 Å². The maximum absolute atomic E-state index is 14.5. The fourth-order valence-corrected chi connectivity index (χ4v) is 8.10. The van der Waals surface area contributed by atoms with Gasteiger partial charge in [0.05, 0.1) is 12.1 Å². The molecule has 0 aromatic rings. The van der Waals surface area contributed by atoms with Gasteiger partial charge in [-0.05, 0) is 60.2 Å². The molecule has 0 aromatic heterocycles. The third-order valence-electron chi connectivity index (χ3n) is 11.5. The van der Waals surface area contributed by atoms with E-state index in [1.165, 1.54) is 0 Å². The number of halogens is 1. The van der Waals surface area contributed by atoms with Crippen LogP contribution in [0.3, 0.4) is 0 Å². The molecule has 0 aromatic carbocycles. The monoisotopic (exact) mass is 639 g/mol. The Morgan fingerprint density at radius 2 is 1.55 bits per heavy atom. The summed E-state index contributed by atoms with van der Waals surface area (Å²) in [6.45, 7) is 18.3. The van der Waals surface area contributed by atoms with E-state index in [0.29, 0.717) is 25.8 Å². The molecule has 10 nitrogen and oxygen atoms in total. The number of carbonyl (C=O) groups is 4. The molecule has 252 valence electrons. The summed E-state index contributed by atoms with van der Waals surface area (Å²) in [5, 5.41) is 19.7. The summed E-state index contributed by atoms with van der Waals surface area (Å²) >= 11 is 0. The summed E-state index contributed by atoms with van der Waals surface area (Å²) in [6.07, 6.45) is 5.33. The third-order valence-corrected chi connectivity index (χ3v) is 11.5. The molecule has 4 aliphatic rings. The van der Waals surface area contributed by atoms with Crippen LogP contribution in [0.5, 0.6) is 0 Å². The minimum absolute atomic E-state index is 0. The van der Waals surface area contributed by atoms with Crippen molar-refractivity contribution >= 4 is 36.0 Å². The van der Waals surface area contributed by atoms with Crippen LogP contribution in [-0.4, -0.2) is 76.5 Å². The molecule has 4 amide bonds. The summed E-state index contributed by atoms with van der Waals surface area (Å²) in [4.78, 5) is 56.3. The van der Waals surface area contributed by atoms with Gasteiger partial charge in [0, 0.05) is 18.0 Å². The zero-order valence-corrected chi connectivity index (χ0v) is 29.2. The predicted octanol–water partition coefficient (Wildman–Crippen LogP) is 3.03. The first-order valence-electron chi connectivity index (χ1n) is 16.4. The first-order chi connectivity index (χ1) is 19.7. The molecule has 11 heteroatoms. The van der Waals surface area contributed by atoms with Gasteiger partial charge in [-0.25, -0.2) is 0 Å². The number of aliphatic hydroxyl groups is 1. The normalized spacial score (nSPS) is 27.8. The number of hydrogen-bond acceptors (Lipinski definition) is 6. The maximum Gasteiger partial charge on any atom is 0.251 e. The Kier molecular flexibility index (Phi) is 10.3. The van der Waals surface area contributed by atoms with Crippen LogP contribution in [0, 0.1) is 27.1 Å². The highest BCUT2D eigenvalue weighted by Gasteiger charge is 2.85. The van der Waals surface area contributed by atoms with Gasteiger partial charge in [-0.1, -0.05) is 75.2 Å². The molecule has 4 fully saturated rings. The molecule has 1 unspecified atom stereocenters. The number of aliphatic hydroxyl groups excluding tert-OH is 1. The summed E-state index contributed by atoms with van der Waals surface area (Å²) in [5.41, 5.74) is 5.00. The van der Waals surface area contributed by atoms with Crippen LogP contribution in [0.15, 0.2) is 0 Å². The van der Waals surface area contributed by atoms with Crippen molar-refractivity contribution in [1.82, 2.24) is 20.9 Å². The Balaban J connectivity index is 0.00000529. The van der Waals surface area contributed by atoms with Gasteiger partial charge in [-0.3, -0.25) is 19.2 Å². The van der Waals surface area contributed by atoms with Gasteiger partial charge in [-0.15, -0.1) is 12.4 Å². The quantitative estimate of drug-likeness (QED) is 0.248. The van der Waals surface area contributed by atoms with Crippen LogP contribution in [0.4, 0.5) is 0 Å². The Bertz CT molecular complexity index is 1120. The highest BCUT2D eigenvalue weighted by Crippen LogP contribution is 2.88. The zero-order valence-electron chi connectivity index (χ0n) is 28.3. The van der Waals surface area contributed by atoms with Crippen molar-refractivity contribution in [3.05, 3.63) is 0 Å². The fraction of sp³-hybridized carbons (Fsp3) is 0.879. The molecule has 3 saturated carbocycles. The van der Waals surface area contributed by atoms with Crippen LogP contribution < -0.4 is 21.7 Å². The number of nitrogens with two attached hydrogens (primary N) is 1. The second kappa shape index (κ2) is 12.4. The Morgan fingerprint density at radius 3 is 1.98 bits per heavy atom. The van der Waals surface area contributed by atoms with Gasteiger partial charge in [0.25, 0.3) is 5.91 Å². The van der Waals surface area contributed by atoms with E-state index >= 15 is 0 Å². The van der Waals surface area contributed by atoms with Gasteiger partial charge < -0.3 is 31.7 Å². The molecule has 2 spiro atoms. The van der Waals surface area contributed by atoms with E-state index in [2.05, 4.69) is 29.8 Å². The standard InChI is InChI=1S/C33H57N5O5.ClH/c1-10-12-20(22(39)26(41)35-19-13-14-19)36-25(40)21-17-33(31(8,9)32(33)15-11-16-32)18-38(21)28(43)24(30(5,6)7)37-27(42)23(34)29(2,3)4;/h19-24,39H,10-18,34H2,1-9H3,(H,35,41)(H,36,40)(H,37,42);1H/t20-,21-,22?,23+,24+,33+;/m0./s1. The molecule has 1 saturated heterocycles. The van der Waals surface area contributed by atoms with Crippen molar-refractivity contribution < 1.29 is 24.3 Å². The van der Waals surface area contributed by atoms with Crippen molar-refractivity contribution in [2.24, 2.45) is 32.8 Å². The number of carbonyl (C=O) groups excluding carboxylic acids is 4. The maximum atomic E-state index is 14.5. The van der Waals surface area contributed by atoms with Crippen LogP contribution in [-0.2, 0) is 19.2 Å². The average Bonchev–Trinajstić information content (AvgIpc) is 3.69. The van der Waals surface area contributed by atoms with Crippen LogP contribution in [0.25, 0.3) is 0 Å². The average molecular weight is 640 g/mol. The SMILES string of the molecule is CCC[C@H](NC(=O)[C@@H]1C[C@@]2(CN1C(=O)[C@@H](NC(=O)[C@@H](N)C(C)(C)C)C(C)(C)C)C(C)(C)C21CCC1)C(O)C(=O)NC1CC1.Cl. The highest BCUT2D eigenvalue weighted by molar-refractivity contribution is 5.95. The number of fused-ring (bicyclic) bond motifs is 1. The number of amides is 4. The van der Waals surface area contributed by atoms with E-state index in [4.69, 9.17) is 5.73 Å². The Hall–Kier alpha value is -1.91. The summed E-state index contributed by atoms with van der Waals surface area (Å²) in [7, 11) is 0. The van der Waals surface area contributed by atoms with E-state index in [1.54, 1.807) is 4.90 Å². The highest BCUT2D eigenvalue weighted by atomic mass is 35.5. The molecule has 0 radical (unpaired) electrons. The lowest BCUT2D eigenvalue weighted by atomic mass is 9.73. The molecule has 0 bridgehead atoms. The second-order valence-corrected chi connectivity index (χ2v) is 16.6. The predicted molar refractivity (Wildman–Crippen MR) is 173 cm³/mol. The molecule has 6 N–H and O–H groups in total. The number of rotatable bonds is 10. The van der Waals surface area contributed by atoms with Crippen molar-refractivity contribution in [3.63, 3.8) is 0 Å². The summed E-state index contributed by atoms with van der Waals surface area (Å²) in [6, 6.07) is -3.15. The topological polar surface area (TPSA) is 154 Å². The van der Waals surface area contributed by atoms with Gasteiger partial charge in [0.2, 0.25) is 17.7 Å². The Labute approximate surface area is 270 Å². The van der Waals surface area contributed by atoms with E-state index in [9.17, 15) is 24.3 Å².